The first-order chi connectivity index (χ1) is 17.0. The first-order valence-corrected chi connectivity index (χ1v) is 10.7. The summed E-state index contributed by atoms with van der Waals surface area (Å²) in [4.78, 5) is 48.7. The van der Waals surface area contributed by atoms with Crippen LogP contribution in [0.4, 0.5) is 17.6 Å². The Morgan fingerprint density at radius 2 is 1.75 bits per heavy atom. The maximum atomic E-state index is 13.6. The van der Waals surface area contributed by atoms with Crippen LogP contribution in [-0.4, -0.2) is 78.1 Å². The summed E-state index contributed by atoms with van der Waals surface area (Å²) in [6.07, 6.45) is -3.19. The number of amides is 2. The van der Waals surface area contributed by atoms with E-state index in [1.807, 2.05) is 0 Å². The number of hydrogen-bond acceptors (Lipinski definition) is 6. The third kappa shape index (κ3) is 3.73. The van der Waals surface area contributed by atoms with Crippen molar-refractivity contribution >= 4 is 23.0 Å². The molecule has 1 N–H and O–H groups in total. The minimum atomic E-state index is -4.68. The van der Waals surface area contributed by atoms with Gasteiger partial charge in [-0.05, 0) is 18.2 Å². The fourth-order valence-electron chi connectivity index (χ4n) is 4.32. The molecule has 0 saturated carbocycles. The van der Waals surface area contributed by atoms with Crippen LogP contribution in [0.3, 0.4) is 0 Å². The van der Waals surface area contributed by atoms with Crippen LogP contribution < -0.4 is 5.69 Å². The smallest absolute Gasteiger partial charge is 0.389 e. The zero-order chi connectivity index (χ0) is 25.9. The molecule has 0 bridgehead atoms. The van der Waals surface area contributed by atoms with Crippen LogP contribution in [0.15, 0.2) is 47.8 Å². The van der Waals surface area contributed by atoms with Gasteiger partial charge in [0, 0.05) is 32.4 Å². The fraction of sp³-hybridized carbons (Fsp3) is 0.318. The average molecular weight is 506 g/mol. The highest BCUT2D eigenvalue weighted by Gasteiger charge is 2.39. The average Bonchev–Trinajstić information content (AvgIpc) is 3.06. The second-order valence-corrected chi connectivity index (χ2v) is 8.55. The molecule has 3 aromatic rings. The molecule has 0 aromatic carbocycles. The SMILES string of the molecule is C=C(F)C(=O)N1CC(n2c(=O)n(-c3ccc(C(F)(F)F)nc3)c3nccc(C(=O)N4CC(O)C4)c32)C1. The molecule has 36 heavy (non-hydrogen) atoms. The Morgan fingerprint density at radius 3 is 2.31 bits per heavy atom. The number of rotatable bonds is 4. The number of aliphatic hydroxyl groups excluding tert-OH is 1. The van der Waals surface area contributed by atoms with Crippen LogP contribution >= 0.6 is 0 Å². The van der Waals surface area contributed by atoms with E-state index in [0.717, 1.165) is 27.8 Å². The zero-order valence-corrected chi connectivity index (χ0v) is 18.4. The molecule has 188 valence electrons. The van der Waals surface area contributed by atoms with Gasteiger partial charge in [-0.2, -0.15) is 13.2 Å². The van der Waals surface area contributed by atoms with E-state index in [1.54, 1.807) is 0 Å². The van der Waals surface area contributed by atoms with E-state index in [1.165, 1.54) is 21.7 Å². The van der Waals surface area contributed by atoms with Gasteiger partial charge in [0.2, 0.25) is 0 Å². The highest BCUT2D eigenvalue weighted by molar-refractivity contribution is 6.05. The van der Waals surface area contributed by atoms with E-state index >= 15 is 0 Å². The summed E-state index contributed by atoms with van der Waals surface area (Å²) in [5, 5.41) is 9.59. The Kier molecular flexibility index (Phi) is 5.43. The van der Waals surface area contributed by atoms with Crippen LogP contribution in [-0.2, 0) is 11.0 Å². The molecule has 2 saturated heterocycles. The lowest BCUT2D eigenvalue weighted by Gasteiger charge is -2.39. The summed E-state index contributed by atoms with van der Waals surface area (Å²) in [5.74, 6) is -2.57. The van der Waals surface area contributed by atoms with Gasteiger partial charge < -0.3 is 14.9 Å². The van der Waals surface area contributed by atoms with Crippen LogP contribution in [0.5, 0.6) is 0 Å². The summed E-state index contributed by atoms with van der Waals surface area (Å²) in [6.45, 7) is 3.05. The van der Waals surface area contributed by atoms with Crippen molar-refractivity contribution in [2.75, 3.05) is 26.2 Å². The lowest BCUT2D eigenvalue weighted by atomic mass is 10.1. The molecule has 0 spiro atoms. The molecule has 0 radical (unpaired) electrons. The Hall–Kier alpha value is -4.07. The summed E-state index contributed by atoms with van der Waals surface area (Å²) < 4.78 is 54.5. The van der Waals surface area contributed by atoms with Gasteiger partial charge in [-0.3, -0.25) is 14.2 Å². The molecule has 0 atom stereocenters. The van der Waals surface area contributed by atoms with Gasteiger partial charge in [0.05, 0.1) is 29.6 Å². The Morgan fingerprint density at radius 1 is 1.06 bits per heavy atom. The van der Waals surface area contributed by atoms with Crippen molar-refractivity contribution in [2.45, 2.75) is 18.3 Å². The Balaban J connectivity index is 1.65. The zero-order valence-electron chi connectivity index (χ0n) is 18.4. The summed E-state index contributed by atoms with van der Waals surface area (Å²) >= 11 is 0. The van der Waals surface area contributed by atoms with Gasteiger partial charge in [-0.25, -0.2) is 23.7 Å². The number of hydrogen-bond donors (Lipinski definition) is 1. The van der Waals surface area contributed by atoms with Crippen molar-refractivity contribution in [1.82, 2.24) is 28.9 Å². The minimum Gasteiger partial charge on any atom is -0.389 e. The standard InChI is InChI=1S/C22H18F4N6O4/c1-11(23)19(34)29-7-13(8-29)31-17-15(20(35)30-9-14(33)10-30)4-5-27-18(17)32(21(31)36)12-2-3-16(28-6-12)22(24,25)26/h2-6,13-14,33H,1,7-10H2. The number of imidazole rings is 1. The largest absolute Gasteiger partial charge is 0.433 e. The quantitative estimate of drug-likeness (QED) is 0.422. The molecule has 0 aliphatic carbocycles. The summed E-state index contributed by atoms with van der Waals surface area (Å²) in [6, 6.07) is 2.51. The monoisotopic (exact) mass is 506 g/mol. The fourth-order valence-corrected chi connectivity index (χ4v) is 4.32. The van der Waals surface area contributed by atoms with E-state index in [9.17, 15) is 37.1 Å². The van der Waals surface area contributed by atoms with Crippen LogP contribution in [0.2, 0.25) is 0 Å². The molecular weight excluding hydrogens is 488 g/mol. The molecule has 5 rings (SSSR count). The number of nitrogens with zero attached hydrogens (tertiary/aromatic N) is 6. The van der Waals surface area contributed by atoms with Crippen LogP contribution in [0.1, 0.15) is 22.1 Å². The predicted octanol–water partition coefficient (Wildman–Crippen LogP) is 1.28. The molecule has 2 aliphatic rings. The Bertz CT molecular complexity index is 1450. The molecule has 3 aromatic heterocycles. The highest BCUT2D eigenvalue weighted by Crippen LogP contribution is 2.31. The number of carbonyl (C=O) groups is 2. The first-order valence-electron chi connectivity index (χ1n) is 10.7. The number of pyridine rings is 2. The molecular formula is C22H18F4N6O4. The lowest BCUT2D eigenvalue weighted by Crippen LogP contribution is -2.54. The van der Waals surface area contributed by atoms with Gasteiger partial charge in [0.25, 0.3) is 11.8 Å². The lowest BCUT2D eigenvalue weighted by molar-refractivity contribution is -0.141. The number of alkyl halides is 3. The third-order valence-corrected chi connectivity index (χ3v) is 6.18. The maximum Gasteiger partial charge on any atom is 0.433 e. The van der Waals surface area contributed by atoms with Gasteiger partial charge >= 0.3 is 11.9 Å². The van der Waals surface area contributed by atoms with Gasteiger partial charge in [-0.15, -0.1) is 0 Å². The van der Waals surface area contributed by atoms with E-state index in [0.29, 0.717) is 0 Å². The van der Waals surface area contributed by atoms with Crippen LogP contribution in [0.25, 0.3) is 16.9 Å². The summed E-state index contributed by atoms with van der Waals surface area (Å²) in [5.41, 5.74) is -1.71. The van der Waals surface area contributed by atoms with Crippen molar-refractivity contribution in [3.8, 4) is 5.69 Å². The Labute approximate surface area is 199 Å². The molecule has 2 aliphatic heterocycles. The number of halogens is 4. The van der Waals surface area contributed by atoms with Gasteiger partial charge in [0.1, 0.15) is 11.2 Å². The number of aromatic nitrogens is 4. The minimum absolute atomic E-state index is 0.00633. The molecule has 10 nitrogen and oxygen atoms in total. The molecule has 0 unspecified atom stereocenters. The molecule has 14 heteroatoms. The summed E-state index contributed by atoms with van der Waals surface area (Å²) in [7, 11) is 0. The third-order valence-electron chi connectivity index (χ3n) is 6.18. The van der Waals surface area contributed by atoms with Gasteiger partial charge in [0.15, 0.2) is 11.5 Å². The second kappa shape index (κ2) is 8.26. The number of carbonyl (C=O) groups excluding carboxylic acids is 2. The van der Waals surface area contributed by atoms with Crippen LogP contribution in [0, 0.1) is 0 Å². The van der Waals surface area contributed by atoms with Crippen molar-refractivity contribution in [3.63, 3.8) is 0 Å². The number of β-amino-alcohol motifs (C(OH)–C–C–N with tert-alkyl or cyclic N) is 1. The predicted molar refractivity (Wildman–Crippen MR) is 116 cm³/mol. The molecule has 5 heterocycles. The van der Waals surface area contributed by atoms with Crippen molar-refractivity contribution in [2.24, 2.45) is 0 Å². The first kappa shape index (κ1) is 23.7. The number of fused-ring (bicyclic) bond motifs is 1. The topological polar surface area (TPSA) is 114 Å². The molecule has 2 fully saturated rings. The number of aliphatic hydroxyl groups is 1. The normalized spacial score (nSPS) is 16.7. The van der Waals surface area contributed by atoms with Crippen molar-refractivity contribution in [1.29, 1.82) is 0 Å². The second-order valence-electron chi connectivity index (χ2n) is 8.55. The van der Waals surface area contributed by atoms with Gasteiger partial charge in [-0.1, -0.05) is 6.58 Å². The van der Waals surface area contributed by atoms with E-state index in [4.69, 9.17) is 0 Å². The maximum absolute atomic E-state index is 13.6. The highest BCUT2D eigenvalue weighted by atomic mass is 19.4. The van der Waals surface area contributed by atoms with E-state index in [-0.39, 0.29) is 48.6 Å². The molecule has 2 amide bonds. The van der Waals surface area contributed by atoms with E-state index in [2.05, 4.69) is 16.5 Å². The van der Waals surface area contributed by atoms with Crippen molar-refractivity contribution < 1.29 is 32.3 Å². The van der Waals surface area contributed by atoms with E-state index < -0.39 is 47.3 Å². The number of likely N-dealkylation sites (tertiary alicyclic amines) is 2. The van der Waals surface area contributed by atoms with Crippen molar-refractivity contribution in [3.05, 3.63) is 64.7 Å².